The summed E-state index contributed by atoms with van der Waals surface area (Å²) in [7, 11) is 0. The van der Waals surface area contributed by atoms with Gasteiger partial charge >= 0.3 is 12.0 Å². The van der Waals surface area contributed by atoms with E-state index in [2.05, 4.69) is 5.32 Å². The standard InChI is InChI=1S/C12H22N2O3/c1-4-14(9(2)8-10(15)16)11(17)13-12(3)6-5-7-12/h9H,4-8H2,1-3H3,(H,13,17)(H,15,16). The third-order valence-electron chi connectivity index (χ3n) is 3.47. The molecule has 2 N–H and O–H groups in total. The highest BCUT2D eigenvalue weighted by Crippen LogP contribution is 2.31. The number of amides is 2. The Hall–Kier alpha value is -1.26. The van der Waals surface area contributed by atoms with Crippen molar-refractivity contribution in [2.45, 2.75) is 58.0 Å². The molecule has 17 heavy (non-hydrogen) atoms. The normalized spacial score (nSPS) is 19.0. The van der Waals surface area contributed by atoms with Crippen LogP contribution in [0.5, 0.6) is 0 Å². The van der Waals surface area contributed by atoms with Crippen LogP contribution in [0.15, 0.2) is 0 Å². The zero-order valence-electron chi connectivity index (χ0n) is 10.8. The predicted octanol–water partition coefficient (Wildman–Crippen LogP) is 1.82. The SMILES string of the molecule is CCN(C(=O)NC1(C)CCC1)C(C)CC(=O)O. The molecule has 1 atom stereocenters. The molecule has 0 heterocycles. The van der Waals surface area contributed by atoms with Gasteiger partial charge in [-0.05, 0) is 40.0 Å². The first kappa shape index (κ1) is 13.8. The number of aliphatic carboxylic acids is 1. The quantitative estimate of drug-likeness (QED) is 0.772. The lowest BCUT2D eigenvalue weighted by Crippen LogP contribution is -2.56. The number of carboxylic acids is 1. The number of rotatable bonds is 5. The minimum atomic E-state index is -0.876. The summed E-state index contributed by atoms with van der Waals surface area (Å²) in [5.41, 5.74) is -0.0898. The van der Waals surface area contributed by atoms with Gasteiger partial charge in [0, 0.05) is 18.1 Å². The maximum atomic E-state index is 12.0. The maximum Gasteiger partial charge on any atom is 0.318 e. The lowest BCUT2D eigenvalue weighted by molar-refractivity contribution is -0.138. The Bertz CT molecular complexity index is 300. The molecule has 5 heteroatoms. The van der Waals surface area contributed by atoms with Crippen molar-refractivity contribution in [3.63, 3.8) is 0 Å². The second-order valence-electron chi connectivity index (χ2n) is 5.08. The fourth-order valence-electron chi connectivity index (χ4n) is 2.18. The monoisotopic (exact) mass is 242 g/mol. The van der Waals surface area contributed by atoms with Gasteiger partial charge in [-0.2, -0.15) is 0 Å². The molecular weight excluding hydrogens is 220 g/mol. The van der Waals surface area contributed by atoms with Crippen molar-refractivity contribution in [2.24, 2.45) is 0 Å². The number of hydrogen-bond donors (Lipinski definition) is 2. The van der Waals surface area contributed by atoms with Gasteiger partial charge in [0.25, 0.3) is 0 Å². The summed E-state index contributed by atoms with van der Waals surface area (Å²) in [6.07, 6.45) is 3.14. The average molecular weight is 242 g/mol. The summed E-state index contributed by atoms with van der Waals surface area (Å²) in [5.74, 6) is -0.876. The van der Waals surface area contributed by atoms with Crippen molar-refractivity contribution < 1.29 is 14.7 Å². The lowest BCUT2D eigenvalue weighted by Gasteiger charge is -2.41. The van der Waals surface area contributed by atoms with E-state index in [9.17, 15) is 9.59 Å². The molecule has 1 rings (SSSR count). The summed E-state index contributed by atoms with van der Waals surface area (Å²) < 4.78 is 0. The molecule has 5 nitrogen and oxygen atoms in total. The third-order valence-corrected chi connectivity index (χ3v) is 3.47. The molecule has 0 aliphatic heterocycles. The first-order chi connectivity index (χ1) is 7.88. The van der Waals surface area contributed by atoms with Crippen molar-refractivity contribution in [2.75, 3.05) is 6.54 Å². The summed E-state index contributed by atoms with van der Waals surface area (Å²) in [4.78, 5) is 24.3. The number of nitrogens with zero attached hydrogens (tertiary/aromatic N) is 1. The molecule has 1 saturated carbocycles. The number of carboxylic acid groups (broad SMARTS) is 1. The number of carbonyl (C=O) groups is 2. The topological polar surface area (TPSA) is 69.6 Å². The van der Waals surface area contributed by atoms with E-state index in [0.29, 0.717) is 6.54 Å². The second-order valence-corrected chi connectivity index (χ2v) is 5.08. The van der Waals surface area contributed by atoms with E-state index in [0.717, 1.165) is 19.3 Å². The van der Waals surface area contributed by atoms with Crippen LogP contribution in [0.25, 0.3) is 0 Å². The molecule has 1 fully saturated rings. The van der Waals surface area contributed by atoms with Crippen molar-refractivity contribution in [3.05, 3.63) is 0 Å². The first-order valence-corrected chi connectivity index (χ1v) is 6.18. The summed E-state index contributed by atoms with van der Waals surface area (Å²) >= 11 is 0. The van der Waals surface area contributed by atoms with Crippen molar-refractivity contribution in [1.29, 1.82) is 0 Å². The maximum absolute atomic E-state index is 12.0. The van der Waals surface area contributed by atoms with Crippen LogP contribution < -0.4 is 5.32 Å². The van der Waals surface area contributed by atoms with Gasteiger partial charge in [0.2, 0.25) is 0 Å². The van der Waals surface area contributed by atoms with Crippen molar-refractivity contribution in [3.8, 4) is 0 Å². The molecule has 98 valence electrons. The van der Waals surface area contributed by atoms with Gasteiger partial charge in [-0.25, -0.2) is 4.79 Å². The Morgan fingerprint density at radius 3 is 2.41 bits per heavy atom. The van der Waals surface area contributed by atoms with Crippen molar-refractivity contribution >= 4 is 12.0 Å². The number of hydrogen-bond acceptors (Lipinski definition) is 2. The minimum absolute atomic E-state index is 0.0159. The zero-order chi connectivity index (χ0) is 13.1. The number of urea groups is 1. The molecule has 1 aliphatic rings. The van der Waals surface area contributed by atoms with E-state index in [1.54, 1.807) is 11.8 Å². The highest BCUT2D eigenvalue weighted by atomic mass is 16.4. The molecule has 1 unspecified atom stereocenters. The van der Waals surface area contributed by atoms with Crippen LogP contribution in [0.2, 0.25) is 0 Å². The highest BCUT2D eigenvalue weighted by molar-refractivity contribution is 5.76. The Kier molecular flexibility index (Phi) is 4.37. The third kappa shape index (κ3) is 3.61. The molecular formula is C12H22N2O3. The molecule has 0 bridgehead atoms. The van der Waals surface area contributed by atoms with E-state index < -0.39 is 5.97 Å². The van der Waals surface area contributed by atoms with Crippen LogP contribution in [0, 0.1) is 0 Å². The fraction of sp³-hybridized carbons (Fsp3) is 0.833. The molecule has 0 spiro atoms. The van der Waals surface area contributed by atoms with Crippen LogP contribution in [0.1, 0.15) is 46.5 Å². The Morgan fingerprint density at radius 1 is 1.47 bits per heavy atom. The Labute approximate surface area is 102 Å². The minimum Gasteiger partial charge on any atom is -0.481 e. The largest absolute Gasteiger partial charge is 0.481 e. The molecule has 0 aromatic heterocycles. The summed E-state index contributed by atoms with van der Waals surface area (Å²) in [6.45, 7) is 6.18. The molecule has 0 aromatic carbocycles. The molecule has 0 aromatic rings. The number of nitrogens with one attached hydrogen (secondary N) is 1. The Morgan fingerprint density at radius 2 is 2.06 bits per heavy atom. The van der Waals surface area contributed by atoms with Crippen molar-refractivity contribution in [1.82, 2.24) is 10.2 Å². The fourth-order valence-corrected chi connectivity index (χ4v) is 2.18. The molecule has 1 aliphatic carbocycles. The van der Waals surface area contributed by atoms with E-state index in [1.807, 2.05) is 13.8 Å². The van der Waals surface area contributed by atoms with Crippen LogP contribution in [-0.4, -0.2) is 40.1 Å². The van der Waals surface area contributed by atoms with Gasteiger partial charge in [0.15, 0.2) is 0 Å². The first-order valence-electron chi connectivity index (χ1n) is 6.18. The highest BCUT2D eigenvalue weighted by Gasteiger charge is 2.35. The summed E-state index contributed by atoms with van der Waals surface area (Å²) in [5, 5.41) is 11.7. The molecule has 0 saturated heterocycles. The molecule has 2 amide bonds. The van der Waals surface area contributed by atoms with Crippen LogP contribution in [-0.2, 0) is 4.79 Å². The average Bonchev–Trinajstić information content (AvgIpc) is 2.14. The smallest absolute Gasteiger partial charge is 0.318 e. The van der Waals surface area contributed by atoms with E-state index in [-0.39, 0.29) is 24.0 Å². The van der Waals surface area contributed by atoms with Gasteiger partial charge in [-0.15, -0.1) is 0 Å². The number of carbonyl (C=O) groups excluding carboxylic acids is 1. The summed E-state index contributed by atoms with van der Waals surface area (Å²) in [6, 6.07) is -0.426. The van der Waals surface area contributed by atoms with Crippen LogP contribution >= 0.6 is 0 Å². The van der Waals surface area contributed by atoms with E-state index in [1.165, 1.54) is 0 Å². The second kappa shape index (κ2) is 5.38. The van der Waals surface area contributed by atoms with Crippen LogP contribution in [0.4, 0.5) is 4.79 Å². The Balaban J connectivity index is 2.53. The van der Waals surface area contributed by atoms with Crippen LogP contribution in [0.3, 0.4) is 0 Å². The predicted molar refractivity (Wildman–Crippen MR) is 64.9 cm³/mol. The van der Waals surface area contributed by atoms with Gasteiger partial charge in [0.05, 0.1) is 6.42 Å². The van der Waals surface area contributed by atoms with Gasteiger partial charge in [0.1, 0.15) is 0 Å². The zero-order valence-corrected chi connectivity index (χ0v) is 10.8. The van der Waals surface area contributed by atoms with Gasteiger partial charge < -0.3 is 15.3 Å². The van der Waals surface area contributed by atoms with Gasteiger partial charge in [-0.3, -0.25) is 4.79 Å². The lowest BCUT2D eigenvalue weighted by atomic mass is 9.79. The van der Waals surface area contributed by atoms with Gasteiger partial charge in [-0.1, -0.05) is 0 Å². The van der Waals surface area contributed by atoms with E-state index in [4.69, 9.17) is 5.11 Å². The molecule has 0 radical (unpaired) electrons. The van der Waals surface area contributed by atoms with E-state index >= 15 is 0 Å².